The minimum atomic E-state index is -3.90. The molecular weight excluding hydrogens is 603 g/mol. The zero-order chi connectivity index (χ0) is 27.4. The molecule has 0 heterocycles. The average molecular weight is 639 g/mol. The van der Waals surface area contributed by atoms with Crippen LogP contribution in [0.1, 0.15) is 57.4 Å². The second kappa shape index (κ2) is 12.9. The number of alkyl halides is 1. The number of nitrogens with one attached hydrogen (secondary N) is 1. The van der Waals surface area contributed by atoms with E-state index < -0.39 is 21.1 Å². The van der Waals surface area contributed by atoms with Crippen LogP contribution in [0, 0.1) is 18.4 Å². The summed E-state index contributed by atoms with van der Waals surface area (Å²) < 4.78 is 28.7. The monoisotopic (exact) mass is 638 g/mol. The van der Waals surface area contributed by atoms with Gasteiger partial charge in [0.25, 0.3) is 0 Å². The molecule has 38 heavy (non-hydrogen) atoms. The first-order valence-electron chi connectivity index (χ1n) is 12.2. The van der Waals surface area contributed by atoms with Crippen LogP contribution in [0.15, 0.2) is 107 Å². The van der Waals surface area contributed by atoms with E-state index in [4.69, 9.17) is 17.3 Å². The van der Waals surface area contributed by atoms with Crippen molar-refractivity contribution in [3.8, 4) is 0 Å². The van der Waals surface area contributed by atoms with Crippen molar-refractivity contribution in [3.05, 3.63) is 124 Å². The summed E-state index contributed by atoms with van der Waals surface area (Å²) in [6, 6.07) is 23.9. The molecule has 0 aliphatic heterocycles. The molecule has 0 saturated carbocycles. The van der Waals surface area contributed by atoms with E-state index in [1.165, 1.54) is 16.7 Å². The third-order valence-electron chi connectivity index (χ3n) is 6.96. The molecule has 1 aliphatic carbocycles. The van der Waals surface area contributed by atoms with E-state index in [0.29, 0.717) is 5.56 Å². The summed E-state index contributed by atoms with van der Waals surface area (Å²) in [6.07, 6.45) is 3.44. The van der Waals surface area contributed by atoms with Crippen LogP contribution in [0.4, 0.5) is 0 Å². The van der Waals surface area contributed by atoms with Gasteiger partial charge < -0.3 is 5.73 Å². The van der Waals surface area contributed by atoms with Crippen LogP contribution in [-0.2, 0) is 34.5 Å². The fourth-order valence-corrected chi connectivity index (χ4v) is 6.06. The van der Waals surface area contributed by atoms with Crippen molar-refractivity contribution in [1.29, 1.82) is 0 Å². The third kappa shape index (κ3) is 7.31. The summed E-state index contributed by atoms with van der Waals surface area (Å²) in [5.74, 6) is 0. The Kier molecular flexibility index (Phi) is 10.9. The zero-order valence-electron chi connectivity index (χ0n) is 22.7. The molecule has 0 unspecified atom stereocenters. The van der Waals surface area contributed by atoms with Gasteiger partial charge in [0.15, 0.2) is 5.00 Å². The molecule has 4 nitrogen and oxygen atoms in total. The van der Waals surface area contributed by atoms with Crippen LogP contribution in [0.3, 0.4) is 0 Å². The van der Waals surface area contributed by atoms with Gasteiger partial charge in [0, 0.05) is 19.5 Å². The van der Waals surface area contributed by atoms with Crippen LogP contribution in [0.25, 0.3) is 0 Å². The van der Waals surface area contributed by atoms with Crippen LogP contribution in [-0.4, -0.2) is 8.42 Å². The van der Waals surface area contributed by atoms with E-state index in [1.807, 2.05) is 43.3 Å². The minimum Gasteiger partial charge on any atom is -0.321 e. The molecule has 2 atom stereocenters. The number of sulfonamides is 1. The van der Waals surface area contributed by atoms with Crippen molar-refractivity contribution in [3.63, 3.8) is 0 Å². The van der Waals surface area contributed by atoms with Gasteiger partial charge in [0.1, 0.15) is 0 Å². The second-order valence-corrected chi connectivity index (χ2v) is 12.3. The molecule has 0 amide bonds. The number of benzene rings is 3. The number of hydrogen-bond acceptors (Lipinski definition) is 3. The fraction of sp³-hybridized carbons (Fsp3) is 0.290. The second-order valence-electron chi connectivity index (χ2n) is 10.0. The third-order valence-corrected chi connectivity index (χ3v) is 9.10. The van der Waals surface area contributed by atoms with Gasteiger partial charge in [0.05, 0.1) is 10.9 Å². The molecule has 205 valence electrons. The molecule has 0 saturated heterocycles. The van der Waals surface area contributed by atoms with Crippen LogP contribution in [0.2, 0.25) is 0 Å². The summed E-state index contributed by atoms with van der Waals surface area (Å²) in [6.45, 7) is 12.8. The van der Waals surface area contributed by atoms with Gasteiger partial charge in [-0.3, -0.25) is 6.08 Å². The quantitative estimate of drug-likeness (QED) is 0.130. The van der Waals surface area contributed by atoms with E-state index in [2.05, 4.69) is 45.4 Å². The van der Waals surface area contributed by atoms with E-state index in [0.717, 1.165) is 11.1 Å². The van der Waals surface area contributed by atoms with Gasteiger partial charge in [-0.2, -0.15) is 15.9 Å². The molecule has 3 aromatic carbocycles. The Labute approximate surface area is 246 Å². The van der Waals surface area contributed by atoms with Gasteiger partial charge in [-0.1, -0.05) is 123 Å². The van der Waals surface area contributed by atoms with E-state index >= 15 is 0 Å². The van der Waals surface area contributed by atoms with Crippen molar-refractivity contribution in [2.24, 2.45) is 11.1 Å². The van der Waals surface area contributed by atoms with Gasteiger partial charge in [-0.05, 0) is 30.2 Å². The molecule has 0 fully saturated rings. The molecule has 1 aliphatic rings. The molecule has 1 radical (unpaired) electrons. The predicted octanol–water partition coefficient (Wildman–Crippen LogP) is 7.17. The van der Waals surface area contributed by atoms with Gasteiger partial charge >= 0.3 is 0 Å². The summed E-state index contributed by atoms with van der Waals surface area (Å²) in [4.78, 5) is -1.42. The van der Waals surface area contributed by atoms with E-state index in [-0.39, 0.29) is 29.8 Å². The molecular formula is C31H36ClN2O2RhS-. The molecule has 3 aromatic rings. The maximum absolute atomic E-state index is 13.0. The molecule has 3 N–H and O–H groups in total. The van der Waals surface area contributed by atoms with E-state index in [1.54, 1.807) is 48.5 Å². The largest absolute Gasteiger partial charge is 0.321 e. The maximum atomic E-state index is 13.0. The summed E-state index contributed by atoms with van der Waals surface area (Å²) >= 11 is 6.90. The van der Waals surface area contributed by atoms with E-state index in [9.17, 15) is 8.42 Å². The minimum absolute atomic E-state index is 0. The standard InChI is InChI=1S/C21H21ClN2O2S.C10H15.Rh/c1-16-12-14-19(15-13-16)27(25,26)24-21(22,18-10-6-3-7-11-18)20(23)17-8-4-2-5-9-17;1-7-6-10(4,5)9(3)8(7)2;/h2-15,20,24H,23H2,1H3;1-5H3;/q;-1;/t20-,21-;;/m0../s1. The zero-order valence-corrected chi connectivity index (χ0v) is 25.9. The van der Waals surface area contributed by atoms with Crippen LogP contribution in [0.5, 0.6) is 0 Å². The fourth-order valence-electron chi connectivity index (χ4n) is 4.25. The molecule has 0 spiro atoms. The number of allylic oxidation sites excluding steroid dienone is 4. The number of rotatable bonds is 6. The molecule has 0 bridgehead atoms. The first-order valence-corrected chi connectivity index (χ1v) is 14.1. The van der Waals surface area contributed by atoms with Crippen LogP contribution >= 0.6 is 11.6 Å². The summed E-state index contributed by atoms with van der Waals surface area (Å²) in [7, 11) is -3.90. The average Bonchev–Trinajstić information content (AvgIpc) is 3.05. The predicted molar refractivity (Wildman–Crippen MR) is 153 cm³/mol. The van der Waals surface area contributed by atoms with Crippen LogP contribution < -0.4 is 10.5 Å². The van der Waals surface area contributed by atoms with Gasteiger partial charge in [-0.25, -0.2) is 14.0 Å². The summed E-state index contributed by atoms with van der Waals surface area (Å²) in [5.41, 5.74) is 13.1. The maximum Gasteiger partial charge on any atom is 0.242 e. The first-order chi connectivity index (χ1) is 17.3. The van der Waals surface area contributed by atoms with Crippen molar-refractivity contribution in [1.82, 2.24) is 4.72 Å². The Morgan fingerprint density at radius 3 is 1.79 bits per heavy atom. The topological polar surface area (TPSA) is 72.2 Å². The SMILES string of the molecule is CC1=[C-]C(C)(C)C(C)=C1C.Cc1ccc(S(=O)(=O)N[C@@](Cl)(c2ccccc2)[C@@H](N)c2ccccc2)cc1.[Rh]. The smallest absolute Gasteiger partial charge is 0.242 e. The van der Waals surface area contributed by atoms with Crippen molar-refractivity contribution in [2.75, 3.05) is 0 Å². The Bertz CT molecular complexity index is 1390. The van der Waals surface area contributed by atoms with Crippen molar-refractivity contribution >= 4 is 21.6 Å². The number of aryl methyl sites for hydroxylation is 1. The Morgan fingerprint density at radius 2 is 1.37 bits per heavy atom. The first kappa shape index (κ1) is 32.1. The Hall–Kier alpha value is -2.08. The Balaban J connectivity index is 0.000000389. The number of nitrogens with two attached hydrogens (primary N) is 1. The Morgan fingerprint density at radius 1 is 0.868 bits per heavy atom. The van der Waals surface area contributed by atoms with Gasteiger partial charge in [-0.15, -0.1) is 6.92 Å². The number of halogens is 1. The van der Waals surface area contributed by atoms with Crippen molar-refractivity contribution < 1.29 is 27.9 Å². The normalized spacial score (nSPS) is 16.9. The van der Waals surface area contributed by atoms with Crippen molar-refractivity contribution in [2.45, 2.75) is 57.5 Å². The molecule has 0 aromatic heterocycles. The molecule has 4 rings (SSSR count). The summed E-state index contributed by atoms with van der Waals surface area (Å²) in [5, 5.41) is 0. The number of hydrogen-bond donors (Lipinski definition) is 2. The van der Waals surface area contributed by atoms with Gasteiger partial charge in [0.2, 0.25) is 10.0 Å². The molecule has 7 heteroatoms.